The summed E-state index contributed by atoms with van der Waals surface area (Å²) in [4.78, 5) is 15.3. The van der Waals surface area contributed by atoms with Gasteiger partial charge < -0.3 is 10.6 Å². The molecule has 1 fully saturated rings. The predicted molar refractivity (Wildman–Crippen MR) is 107 cm³/mol. The van der Waals surface area contributed by atoms with Gasteiger partial charge in [0.15, 0.2) is 0 Å². The normalized spacial score (nSPS) is 17.9. The summed E-state index contributed by atoms with van der Waals surface area (Å²) in [6.07, 6.45) is 2.50. The van der Waals surface area contributed by atoms with E-state index in [0.29, 0.717) is 5.92 Å². The molecule has 2 aromatic carbocycles. The molecule has 1 amide bonds. The molecule has 1 saturated heterocycles. The summed E-state index contributed by atoms with van der Waals surface area (Å²) in [6, 6.07) is 20.5. The smallest absolute Gasteiger partial charge is 0.230 e. The van der Waals surface area contributed by atoms with E-state index in [-0.39, 0.29) is 17.4 Å². The number of carbonyl (C=O) groups is 1. The Labute approximate surface area is 157 Å². The summed E-state index contributed by atoms with van der Waals surface area (Å²) < 4.78 is 0. The van der Waals surface area contributed by atoms with Crippen LogP contribution < -0.4 is 5.73 Å². The molecule has 1 aliphatic heterocycles. The average molecular weight is 351 g/mol. The average Bonchev–Trinajstić information content (AvgIpc) is 2.67. The lowest BCUT2D eigenvalue weighted by molar-refractivity contribution is -0.134. The van der Waals surface area contributed by atoms with Gasteiger partial charge in [-0.1, -0.05) is 74.5 Å². The van der Waals surface area contributed by atoms with Gasteiger partial charge in [0.2, 0.25) is 5.91 Å². The van der Waals surface area contributed by atoms with E-state index in [1.165, 1.54) is 5.56 Å². The van der Waals surface area contributed by atoms with E-state index in [9.17, 15) is 4.79 Å². The van der Waals surface area contributed by atoms with E-state index in [4.69, 9.17) is 5.73 Å². The molecule has 1 aliphatic rings. The molecule has 1 unspecified atom stereocenters. The minimum absolute atomic E-state index is 0.0572. The molecular formula is C23H30N2O. The Bertz CT molecular complexity index is 704. The van der Waals surface area contributed by atoms with Crippen molar-refractivity contribution in [3.8, 4) is 0 Å². The van der Waals surface area contributed by atoms with Crippen LogP contribution in [-0.4, -0.2) is 23.9 Å². The lowest BCUT2D eigenvalue weighted by Gasteiger charge is -2.41. The van der Waals surface area contributed by atoms with Crippen LogP contribution in [-0.2, 0) is 10.3 Å². The molecule has 3 nitrogen and oxygen atoms in total. The van der Waals surface area contributed by atoms with Gasteiger partial charge in [0.25, 0.3) is 0 Å². The summed E-state index contributed by atoms with van der Waals surface area (Å²) in [5.74, 6) is 0.671. The summed E-state index contributed by atoms with van der Waals surface area (Å²) in [5.41, 5.74) is 8.65. The lowest BCUT2D eigenvalue weighted by atomic mass is 9.81. The molecule has 0 radical (unpaired) electrons. The van der Waals surface area contributed by atoms with E-state index in [1.54, 1.807) is 0 Å². The fourth-order valence-corrected chi connectivity index (χ4v) is 3.94. The van der Waals surface area contributed by atoms with Crippen LogP contribution in [0.2, 0.25) is 0 Å². The Hall–Kier alpha value is -2.13. The fraction of sp³-hybridized carbons (Fsp3) is 0.435. The Kier molecular flexibility index (Phi) is 5.77. The molecular weight excluding hydrogens is 320 g/mol. The first-order valence-electron chi connectivity index (χ1n) is 9.68. The second kappa shape index (κ2) is 8.05. The van der Waals surface area contributed by atoms with Gasteiger partial charge in [0.1, 0.15) is 0 Å². The fourth-order valence-electron chi connectivity index (χ4n) is 3.94. The van der Waals surface area contributed by atoms with Crippen LogP contribution in [0.15, 0.2) is 60.7 Å². The van der Waals surface area contributed by atoms with Crippen molar-refractivity contribution in [1.29, 1.82) is 0 Å². The molecule has 3 heteroatoms. The maximum absolute atomic E-state index is 13.3. The zero-order valence-corrected chi connectivity index (χ0v) is 15.9. The number of likely N-dealkylation sites (tertiary alicyclic amines) is 1. The van der Waals surface area contributed by atoms with Crippen molar-refractivity contribution in [3.63, 3.8) is 0 Å². The van der Waals surface area contributed by atoms with E-state index in [2.05, 4.69) is 38.1 Å². The molecule has 0 aliphatic carbocycles. The van der Waals surface area contributed by atoms with Gasteiger partial charge in [0.05, 0.1) is 5.92 Å². The summed E-state index contributed by atoms with van der Waals surface area (Å²) in [5, 5.41) is 0. The molecule has 0 aromatic heterocycles. The van der Waals surface area contributed by atoms with Crippen molar-refractivity contribution in [2.75, 3.05) is 13.1 Å². The summed E-state index contributed by atoms with van der Waals surface area (Å²) in [7, 11) is 0. The van der Waals surface area contributed by atoms with Crippen LogP contribution in [0, 0.1) is 5.92 Å². The summed E-state index contributed by atoms with van der Waals surface area (Å²) in [6.45, 7) is 5.82. The van der Waals surface area contributed by atoms with Crippen molar-refractivity contribution in [2.24, 2.45) is 11.7 Å². The second-order valence-electron chi connectivity index (χ2n) is 7.94. The quantitative estimate of drug-likeness (QED) is 0.874. The van der Waals surface area contributed by atoms with Crippen LogP contribution in [0.5, 0.6) is 0 Å². The molecule has 138 valence electrons. The first-order chi connectivity index (χ1) is 12.5. The SMILES string of the molecule is CC(C)CC(C(=O)N1CCC(N)(c2ccccc2)CC1)c1ccccc1. The van der Waals surface area contributed by atoms with E-state index >= 15 is 0 Å². The van der Waals surface area contributed by atoms with Gasteiger partial charge in [-0.2, -0.15) is 0 Å². The van der Waals surface area contributed by atoms with Gasteiger partial charge in [-0.15, -0.1) is 0 Å². The molecule has 26 heavy (non-hydrogen) atoms. The second-order valence-corrected chi connectivity index (χ2v) is 7.94. The van der Waals surface area contributed by atoms with Crippen molar-refractivity contribution in [1.82, 2.24) is 4.90 Å². The van der Waals surface area contributed by atoms with Crippen LogP contribution >= 0.6 is 0 Å². The predicted octanol–water partition coefficient (Wildman–Crippen LogP) is 4.29. The number of benzene rings is 2. The monoisotopic (exact) mass is 350 g/mol. The van der Waals surface area contributed by atoms with E-state index in [1.807, 2.05) is 41.3 Å². The largest absolute Gasteiger partial charge is 0.342 e. The van der Waals surface area contributed by atoms with Gasteiger partial charge >= 0.3 is 0 Å². The van der Waals surface area contributed by atoms with Crippen LogP contribution in [0.4, 0.5) is 0 Å². The number of rotatable bonds is 5. The Morgan fingerprint density at radius 1 is 1.00 bits per heavy atom. The van der Waals surface area contributed by atoms with Gasteiger partial charge in [-0.05, 0) is 36.3 Å². The summed E-state index contributed by atoms with van der Waals surface area (Å²) >= 11 is 0. The molecule has 1 heterocycles. The van der Waals surface area contributed by atoms with Crippen molar-refractivity contribution in [2.45, 2.75) is 44.6 Å². The standard InChI is InChI=1S/C23H30N2O/c1-18(2)17-21(19-9-5-3-6-10-19)22(26)25-15-13-23(24,14-16-25)20-11-7-4-8-12-20/h3-12,18,21H,13-17,24H2,1-2H3. The highest BCUT2D eigenvalue weighted by Crippen LogP contribution is 2.33. The first kappa shape index (κ1) is 18.7. The highest BCUT2D eigenvalue weighted by molar-refractivity contribution is 5.84. The first-order valence-corrected chi connectivity index (χ1v) is 9.68. The topological polar surface area (TPSA) is 46.3 Å². The Morgan fingerprint density at radius 2 is 1.54 bits per heavy atom. The number of nitrogens with two attached hydrogens (primary N) is 1. The lowest BCUT2D eigenvalue weighted by Crippen LogP contribution is -2.50. The molecule has 0 saturated carbocycles. The third-order valence-electron chi connectivity index (χ3n) is 5.52. The highest BCUT2D eigenvalue weighted by Gasteiger charge is 2.36. The van der Waals surface area contributed by atoms with E-state index < -0.39 is 0 Å². The Balaban J connectivity index is 1.72. The molecule has 0 spiro atoms. The molecule has 2 aromatic rings. The highest BCUT2D eigenvalue weighted by atomic mass is 16.2. The number of hydrogen-bond acceptors (Lipinski definition) is 2. The number of hydrogen-bond donors (Lipinski definition) is 1. The molecule has 3 rings (SSSR count). The number of piperidine rings is 1. The molecule has 0 bridgehead atoms. The zero-order chi connectivity index (χ0) is 18.6. The minimum atomic E-state index is -0.321. The third kappa shape index (κ3) is 4.16. The van der Waals surface area contributed by atoms with Crippen molar-refractivity contribution in [3.05, 3.63) is 71.8 Å². The van der Waals surface area contributed by atoms with Crippen LogP contribution in [0.3, 0.4) is 0 Å². The van der Waals surface area contributed by atoms with Gasteiger partial charge in [-0.25, -0.2) is 0 Å². The number of carbonyl (C=O) groups excluding carboxylic acids is 1. The van der Waals surface area contributed by atoms with Crippen LogP contribution in [0.25, 0.3) is 0 Å². The van der Waals surface area contributed by atoms with Gasteiger partial charge in [-0.3, -0.25) is 4.79 Å². The van der Waals surface area contributed by atoms with E-state index in [0.717, 1.165) is 37.9 Å². The molecule has 1 atom stereocenters. The number of nitrogens with zero attached hydrogens (tertiary/aromatic N) is 1. The molecule has 2 N–H and O–H groups in total. The third-order valence-corrected chi connectivity index (χ3v) is 5.52. The van der Waals surface area contributed by atoms with Crippen molar-refractivity contribution >= 4 is 5.91 Å². The zero-order valence-electron chi connectivity index (χ0n) is 15.9. The maximum Gasteiger partial charge on any atom is 0.230 e. The number of amides is 1. The Morgan fingerprint density at radius 3 is 2.08 bits per heavy atom. The van der Waals surface area contributed by atoms with Crippen molar-refractivity contribution < 1.29 is 4.79 Å². The minimum Gasteiger partial charge on any atom is -0.342 e. The van der Waals surface area contributed by atoms with Gasteiger partial charge in [0, 0.05) is 18.6 Å². The maximum atomic E-state index is 13.3. The van der Waals surface area contributed by atoms with Crippen LogP contribution in [0.1, 0.15) is 50.2 Å².